The molecule has 0 amide bonds. The Morgan fingerprint density at radius 2 is 0.857 bits per heavy atom. The number of unbranched alkanes of at least 4 members (excludes halogenated alkanes) is 18. The van der Waals surface area contributed by atoms with E-state index in [1.165, 1.54) is 141 Å². The molecule has 0 bridgehead atoms. The molecule has 0 N–H and O–H groups in total. The first-order chi connectivity index (χ1) is 13.8. The summed E-state index contributed by atoms with van der Waals surface area (Å²) in [7, 11) is 0. The molecule has 1 unspecified atom stereocenters. The number of hydrogen-bond acceptors (Lipinski definition) is 0. The molecule has 168 valence electrons. The van der Waals surface area contributed by atoms with Gasteiger partial charge in [-0.2, -0.15) is 0 Å². The highest BCUT2D eigenvalue weighted by atomic mass is 14.1. The van der Waals surface area contributed by atoms with E-state index in [1.54, 1.807) is 0 Å². The average molecular weight is 393 g/mol. The fourth-order valence-electron chi connectivity index (χ4n) is 4.28. The van der Waals surface area contributed by atoms with Crippen LogP contribution in [0.5, 0.6) is 0 Å². The third-order valence-electron chi connectivity index (χ3n) is 6.35. The Morgan fingerprint density at radius 3 is 1.25 bits per heavy atom. The topological polar surface area (TPSA) is 0 Å². The van der Waals surface area contributed by atoms with Crippen molar-refractivity contribution in [2.45, 2.75) is 162 Å². The zero-order chi connectivity index (χ0) is 20.5. The highest BCUT2D eigenvalue weighted by Crippen LogP contribution is 2.19. The molecule has 0 aliphatic carbocycles. The molecule has 0 aromatic rings. The Hall–Kier alpha value is -0.260. The highest BCUT2D eigenvalue weighted by molar-refractivity contribution is 4.76. The van der Waals surface area contributed by atoms with Crippen molar-refractivity contribution in [3.05, 3.63) is 12.2 Å². The molecule has 0 saturated heterocycles. The second-order valence-electron chi connectivity index (χ2n) is 9.40. The van der Waals surface area contributed by atoms with Crippen molar-refractivity contribution in [1.29, 1.82) is 0 Å². The van der Waals surface area contributed by atoms with Crippen LogP contribution in [-0.4, -0.2) is 0 Å². The van der Waals surface area contributed by atoms with Crippen LogP contribution in [0.1, 0.15) is 162 Å². The fraction of sp³-hybridized carbons (Fsp3) is 0.929. The van der Waals surface area contributed by atoms with Gasteiger partial charge < -0.3 is 0 Å². The van der Waals surface area contributed by atoms with Crippen LogP contribution in [0.3, 0.4) is 0 Å². The summed E-state index contributed by atoms with van der Waals surface area (Å²) in [6.07, 6.45) is 36.5. The van der Waals surface area contributed by atoms with Crippen molar-refractivity contribution in [3.63, 3.8) is 0 Å². The van der Waals surface area contributed by atoms with E-state index in [0.717, 1.165) is 5.92 Å². The second-order valence-corrected chi connectivity index (χ2v) is 9.40. The fourth-order valence-corrected chi connectivity index (χ4v) is 4.28. The molecule has 0 nitrogen and oxygen atoms in total. The molecule has 0 aliphatic heterocycles. The van der Waals surface area contributed by atoms with Gasteiger partial charge in [-0.3, -0.25) is 0 Å². The lowest BCUT2D eigenvalue weighted by atomic mass is 9.95. The molecule has 0 heteroatoms. The van der Waals surface area contributed by atoms with Crippen LogP contribution in [0.2, 0.25) is 0 Å². The van der Waals surface area contributed by atoms with Crippen molar-refractivity contribution in [3.8, 4) is 0 Å². The molecule has 0 fully saturated rings. The number of rotatable bonds is 23. The van der Waals surface area contributed by atoms with Gasteiger partial charge in [0.25, 0.3) is 0 Å². The first-order valence-corrected chi connectivity index (χ1v) is 13.4. The van der Waals surface area contributed by atoms with E-state index in [9.17, 15) is 0 Å². The summed E-state index contributed by atoms with van der Waals surface area (Å²) < 4.78 is 0. The maximum atomic E-state index is 2.49. The Balaban J connectivity index is 3.14. The van der Waals surface area contributed by atoms with Gasteiger partial charge in [-0.15, -0.1) is 0 Å². The van der Waals surface area contributed by atoms with E-state index < -0.39 is 0 Å². The third kappa shape index (κ3) is 23.8. The Morgan fingerprint density at radius 1 is 0.500 bits per heavy atom. The molecule has 0 radical (unpaired) electrons. The zero-order valence-corrected chi connectivity index (χ0v) is 20.3. The van der Waals surface area contributed by atoms with E-state index in [0.29, 0.717) is 0 Å². The van der Waals surface area contributed by atoms with Crippen LogP contribution in [0.4, 0.5) is 0 Å². The van der Waals surface area contributed by atoms with Gasteiger partial charge in [0.1, 0.15) is 0 Å². The quantitative estimate of drug-likeness (QED) is 0.120. The molecule has 0 aliphatic rings. The molecular weight excluding hydrogens is 336 g/mol. The lowest BCUT2D eigenvalue weighted by molar-refractivity contribution is 0.430. The minimum absolute atomic E-state index is 0.962. The van der Waals surface area contributed by atoms with E-state index in [4.69, 9.17) is 0 Å². The summed E-state index contributed by atoms with van der Waals surface area (Å²) in [5, 5.41) is 0. The van der Waals surface area contributed by atoms with E-state index in [1.807, 2.05) is 0 Å². The van der Waals surface area contributed by atoms with Crippen molar-refractivity contribution in [2.75, 3.05) is 0 Å². The maximum Gasteiger partial charge on any atom is -0.0351 e. The van der Waals surface area contributed by atoms with Gasteiger partial charge in [-0.05, 0) is 25.7 Å². The van der Waals surface area contributed by atoms with Crippen LogP contribution < -0.4 is 0 Å². The number of allylic oxidation sites excluding steroid dienone is 2. The predicted molar refractivity (Wildman–Crippen MR) is 131 cm³/mol. The summed E-state index contributed by atoms with van der Waals surface area (Å²) in [6.45, 7) is 6.91. The zero-order valence-electron chi connectivity index (χ0n) is 20.3. The monoisotopic (exact) mass is 392 g/mol. The summed E-state index contributed by atoms with van der Waals surface area (Å²) in [6, 6.07) is 0. The van der Waals surface area contributed by atoms with Crippen molar-refractivity contribution in [1.82, 2.24) is 0 Å². The molecule has 0 heterocycles. The summed E-state index contributed by atoms with van der Waals surface area (Å²) in [5.74, 6) is 0.962. The molecule has 0 saturated carbocycles. The minimum atomic E-state index is 0.962. The largest absolute Gasteiger partial charge is 0.0917 e. The van der Waals surface area contributed by atoms with Gasteiger partial charge in [0, 0.05) is 0 Å². The normalized spacial score (nSPS) is 12.8. The van der Waals surface area contributed by atoms with Gasteiger partial charge in [0.2, 0.25) is 0 Å². The Kier molecular flexibility index (Phi) is 24.5. The van der Waals surface area contributed by atoms with Gasteiger partial charge in [0.15, 0.2) is 0 Å². The van der Waals surface area contributed by atoms with Crippen molar-refractivity contribution < 1.29 is 0 Å². The van der Waals surface area contributed by atoms with Crippen LogP contribution in [0, 0.1) is 5.92 Å². The Labute approximate surface area is 180 Å². The lowest BCUT2D eigenvalue weighted by Crippen LogP contribution is -1.95. The predicted octanol–water partition coefficient (Wildman–Crippen LogP) is 10.8. The lowest BCUT2D eigenvalue weighted by Gasteiger charge is -2.11. The summed E-state index contributed by atoms with van der Waals surface area (Å²) in [4.78, 5) is 0. The number of hydrogen-bond donors (Lipinski definition) is 0. The smallest absolute Gasteiger partial charge is 0.0351 e. The summed E-state index contributed by atoms with van der Waals surface area (Å²) >= 11 is 0. The molecule has 0 rings (SSSR count). The van der Waals surface area contributed by atoms with Crippen LogP contribution in [-0.2, 0) is 0 Å². The van der Waals surface area contributed by atoms with Crippen LogP contribution >= 0.6 is 0 Å². The minimum Gasteiger partial charge on any atom is -0.0917 e. The van der Waals surface area contributed by atoms with Crippen molar-refractivity contribution in [2.24, 2.45) is 5.92 Å². The summed E-state index contributed by atoms with van der Waals surface area (Å²) in [5.41, 5.74) is 0. The molecular formula is C28H56. The van der Waals surface area contributed by atoms with Gasteiger partial charge in [0.05, 0.1) is 0 Å². The van der Waals surface area contributed by atoms with E-state index in [2.05, 4.69) is 32.9 Å². The van der Waals surface area contributed by atoms with Gasteiger partial charge in [-0.1, -0.05) is 154 Å². The molecule has 0 aromatic carbocycles. The van der Waals surface area contributed by atoms with Crippen LogP contribution in [0.25, 0.3) is 0 Å². The SMILES string of the molecule is CC=CCCCCCCCCCC(C)CCCCCCCCCCCCCC. The molecule has 28 heavy (non-hydrogen) atoms. The molecule has 0 aromatic heterocycles. The maximum absolute atomic E-state index is 2.49. The van der Waals surface area contributed by atoms with E-state index >= 15 is 0 Å². The van der Waals surface area contributed by atoms with E-state index in [-0.39, 0.29) is 0 Å². The first-order valence-electron chi connectivity index (χ1n) is 13.4. The standard InChI is InChI=1S/C28H56/c1-4-6-8-10-12-14-16-17-19-21-23-25-27-28(3)26-24-22-20-18-15-13-11-9-7-5-2/h5,7,28H,4,6,8-27H2,1-3H3. The third-order valence-corrected chi connectivity index (χ3v) is 6.35. The average Bonchev–Trinajstić information content (AvgIpc) is 2.70. The molecule has 0 spiro atoms. The van der Waals surface area contributed by atoms with Crippen molar-refractivity contribution >= 4 is 0 Å². The van der Waals surface area contributed by atoms with Gasteiger partial charge >= 0.3 is 0 Å². The highest BCUT2D eigenvalue weighted by Gasteiger charge is 2.02. The molecule has 1 atom stereocenters. The second kappa shape index (κ2) is 24.8. The van der Waals surface area contributed by atoms with Gasteiger partial charge in [-0.25, -0.2) is 0 Å². The van der Waals surface area contributed by atoms with Crippen LogP contribution in [0.15, 0.2) is 12.2 Å². The first kappa shape index (κ1) is 27.7. The Bertz CT molecular complexity index is 290.